The number of hydrogen-bond donors (Lipinski definition) is 1. The molecule has 0 radical (unpaired) electrons. The molecule has 3 aromatic rings. The summed E-state index contributed by atoms with van der Waals surface area (Å²) >= 11 is 0. The molecule has 6 nitrogen and oxygen atoms in total. The van der Waals surface area contributed by atoms with E-state index in [4.69, 9.17) is 14.2 Å². The highest BCUT2D eigenvalue weighted by Gasteiger charge is 2.17. The average molecular weight is 381 g/mol. The summed E-state index contributed by atoms with van der Waals surface area (Å²) in [5.41, 5.74) is 4.33. The second kappa shape index (κ2) is 8.52. The summed E-state index contributed by atoms with van der Waals surface area (Å²) in [7, 11) is 1.66. The van der Waals surface area contributed by atoms with Crippen LogP contribution in [0.25, 0.3) is 11.0 Å². The highest BCUT2D eigenvalue weighted by atomic mass is 16.5. The van der Waals surface area contributed by atoms with Gasteiger partial charge in [0.25, 0.3) is 0 Å². The van der Waals surface area contributed by atoms with Crippen LogP contribution in [0.2, 0.25) is 0 Å². The Morgan fingerprint density at radius 3 is 2.93 bits per heavy atom. The Morgan fingerprint density at radius 2 is 2.14 bits per heavy atom. The standard InChI is InChI=1S/C22H27N3O3/c1-3-25-15-24-19-12-17(7-8-20(19)25)23-13-16-6-9-21(26-2)22(11-16)28-14-18-5-4-10-27-18/h6-9,11-12,15,18,23H,3-5,10,13-14H2,1-2H3/t18-/m1/s1. The fourth-order valence-electron chi connectivity index (χ4n) is 3.53. The zero-order valence-electron chi connectivity index (χ0n) is 16.5. The molecule has 2 aromatic carbocycles. The molecule has 0 amide bonds. The Morgan fingerprint density at radius 1 is 1.21 bits per heavy atom. The maximum atomic E-state index is 5.99. The summed E-state index contributed by atoms with van der Waals surface area (Å²) in [4.78, 5) is 4.48. The van der Waals surface area contributed by atoms with Crippen molar-refractivity contribution in [1.82, 2.24) is 9.55 Å². The monoisotopic (exact) mass is 381 g/mol. The van der Waals surface area contributed by atoms with Crippen LogP contribution in [0.15, 0.2) is 42.7 Å². The summed E-state index contributed by atoms with van der Waals surface area (Å²) in [6.07, 6.45) is 4.23. The Hall–Kier alpha value is -2.73. The minimum absolute atomic E-state index is 0.182. The SMILES string of the molecule is CCn1cnc2cc(NCc3ccc(OC)c(OC[C@H]4CCCO4)c3)ccc21. The Balaban J connectivity index is 1.43. The average Bonchev–Trinajstić information content (AvgIpc) is 3.39. The lowest BCUT2D eigenvalue weighted by atomic mass is 10.2. The lowest BCUT2D eigenvalue weighted by Crippen LogP contribution is -2.16. The molecule has 4 rings (SSSR count). The molecule has 0 bridgehead atoms. The summed E-state index contributed by atoms with van der Waals surface area (Å²) in [6.45, 7) is 5.12. The normalized spacial score (nSPS) is 16.4. The third kappa shape index (κ3) is 4.07. The van der Waals surface area contributed by atoms with Gasteiger partial charge in [0.05, 0.1) is 30.6 Å². The van der Waals surface area contributed by atoms with E-state index in [2.05, 4.69) is 46.1 Å². The summed E-state index contributed by atoms with van der Waals surface area (Å²) in [5.74, 6) is 1.50. The molecule has 0 spiro atoms. The second-order valence-corrected chi connectivity index (χ2v) is 7.02. The molecule has 6 heteroatoms. The lowest BCUT2D eigenvalue weighted by molar-refractivity contribution is 0.0669. The smallest absolute Gasteiger partial charge is 0.161 e. The fraction of sp³-hybridized carbons (Fsp3) is 0.409. The van der Waals surface area contributed by atoms with Crippen LogP contribution in [0.1, 0.15) is 25.3 Å². The van der Waals surface area contributed by atoms with E-state index in [1.165, 1.54) is 0 Å². The van der Waals surface area contributed by atoms with Crippen molar-refractivity contribution in [2.75, 3.05) is 25.6 Å². The second-order valence-electron chi connectivity index (χ2n) is 7.02. The van der Waals surface area contributed by atoms with E-state index in [-0.39, 0.29) is 6.10 Å². The Kier molecular flexibility index (Phi) is 5.67. The van der Waals surface area contributed by atoms with Gasteiger partial charge >= 0.3 is 0 Å². The van der Waals surface area contributed by atoms with E-state index < -0.39 is 0 Å². The first kappa shape index (κ1) is 18.6. The minimum Gasteiger partial charge on any atom is -0.493 e. The van der Waals surface area contributed by atoms with Crippen LogP contribution in [0.3, 0.4) is 0 Å². The molecule has 0 aliphatic carbocycles. The van der Waals surface area contributed by atoms with Gasteiger partial charge in [0, 0.05) is 25.4 Å². The zero-order chi connectivity index (χ0) is 19.3. The zero-order valence-corrected chi connectivity index (χ0v) is 16.5. The van der Waals surface area contributed by atoms with Gasteiger partial charge in [0.2, 0.25) is 0 Å². The molecular formula is C22H27N3O3. The van der Waals surface area contributed by atoms with Gasteiger partial charge in [-0.2, -0.15) is 0 Å². The largest absolute Gasteiger partial charge is 0.493 e. The van der Waals surface area contributed by atoms with E-state index in [0.29, 0.717) is 13.2 Å². The van der Waals surface area contributed by atoms with Gasteiger partial charge in [-0.3, -0.25) is 0 Å². The molecule has 1 fully saturated rings. The summed E-state index contributed by atoms with van der Waals surface area (Å²) in [5, 5.41) is 3.47. The fourth-order valence-corrected chi connectivity index (χ4v) is 3.53. The number of rotatable bonds is 8. The number of ether oxygens (including phenoxy) is 3. The molecule has 2 heterocycles. The van der Waals surface area contributed by atoms with Crippen LogP contribution in [0.4, 0.5) is 5.69 Å². The number of fused-ring (bicyclic) bond motifs is 1. The molecule has 1 aliphatic rings. The predicted octanol–water partition coefficient (Wildman–Crippen LogP) is 4.23. The van der Waals surface area contributed by atoms with Crippen molar-refractivity contribution in [3.05, 3.63) is 48.3 Å². The van der Waals surface area contributed by atoms with Crippen molar-refractivity contribution in [2.24, 2.45) is 0 Å². The molecule has 1 aromatic heterocycles. The van der Waals surface area contributed by atoms with Crippen molar-refractivity contribution in [3.63, 3.8) is 0 Å². The van der Waals surface area contributed by atoms with Crippen LogP contribution in [-0.2, 0) is 17.8 Å². The van der Waals surface area contributed by atoms with Gasteiger partial charge in [-0.05, 0) is 55.7 Å². The third-order valence-electron chi connectivity index (χ3n) is 5.14. The highest BCUT2D eigenvalue weighted by Crippen LogP contribution is 2.29. The third-order valence-corrected chi connectivity index (χ3v) is 5.14. The number of aryl methyl sites for hydroxylation is 1. The van der Waals surface area contributed by atoms with Crippen molar-refractivity contribution in [3.8, 4) is 11.5 Å². The number of benzene rings is 2. The van der Waals surface area contributed by atoms with Gasteiger partial charge in [0.15, 0.2) is 11.5 Å². The molecular weight excluding hydrogens is 354 g/mol. The van der Waals surface area contributed by atoms with Crippen LogP contribution in [-0.4, -0.2) is 36.0 Å². The van der Waals surface area contributed by atoms with Gasteiger partial charge in [0.1, 0.15) is 6.61 Å². The van der Waals surface area contributed by atoms with Gasteiger partial charge in [-0.15, -0.1) is 0 Å². The number of hydrogen-bond acceptors (Lipinski definition) is 5. The van der Waals surface area contributed by atoms with Gasteiger partial charge in [-0.25, -0.2) is 4.98 Å². The number of nitrogens with zero attached hydrogens (tertiary/aromatic N) is 2. The van der Waals surface area contributed by atoms with Crippen molar-refractivity contribution in [1.29, 1.82) is 0 Å². The molecule has 0 unspecified atom stereocenters. The summed E-state index contributed by atoms with van der Waals surface area (Å²) in [6, 6.07) is 12.3. The first-order valence-corrected chi connectivity index (χ1v) is 9.87. The molecule has 28 heavy (non-hydrogen) atoms. The maximum absolute atomic E-state index is 5.99. The number of nitrogens with one attached hydrogen (secondary N) is 1. The Labute approximate surface area is 165 Å². The van der Waals surface area contributed by atoms with Crippen LogP contribution in [0, 0.1) is 0 Å². The number of anilines is 1. The highest BCUT2D eigenvalue weighted by molar-refractivity contribution is 5.79. The number of imidazole rings is 1. The summed E-state index contributed by atoms with van der Waals surface area (Å²) < 4.78 is 19.2. The van der Waals surface area contributed by atoms with Gasteiger partial charge in [-0.1, -0.05) is 6.07 Å². The first-order valence-electron chi connectivity index (χ1n) is 9.87. The Bertz CT molecular complexity index is 932. The van der Waals surface area contributed by atoms with Crippen molar-refractivity contribution >= 4 is 16.7 Å². The van der Waals surface area contributed by atoms with Crippen LogP contribution < -0.4 is 14.8 Å². The van der Waals surface area contributed by atoms with Crippen LogP contribution in [0.5, 0.6) is 11.5 Å². The van der Waals surface area contributed by atoms with E-state index in [1.807, 2.05) is 18.5 Å². The molecule has 148 valence electrons. The maximum Gasteiger partial charge on any atom is 0.161 e. The van der Waals surface area contributed by atoms with E-state index in [1.54, 1.807) is 7.11 Å². The first-order chi connectivity index (χ1) is 13.8. The van der Waals surface area contributed by atoms with E-state index in [0.717, 1.165) is 59.8 Å². The van der Waals surface area contributed by atoms with E-state index in [9.17, 15) is 0 Å². The van der Waals surface area contributed by atoms with Crippen molar-refractivity contribution < 1.29 is 14.2 Å². The molecule has 1 aliphatic heterocycles. The lowest BCUT2D eigenvalue weighted by Gasteiger charge is -2.15. The topological polar surface area (TPSA) is 57.5 Å². The van der Waals surface area contributed by atoms with Crippen LogP contribution >= 0.6 is 0 Å². The minimum atomic E-state index is 0.182. The predicted molar refractivity (Wildman–Crippen MR) is 110 cm³/mol. The van der Waals surface area contributed by atoms with Gasteiger partial charge < -0.3 is 24.1 Å². The number of methoxy groups -OCH3 is 1. The molecule has 1 atom stereocenters. The molecule has 1 N–H and O–H groups in total. The quantitative estimate of drug-likeness (QED) is 0.633. The van der Waals surface area contributed by atoms with E-state index >= 15 is 0 Å². The molecule has 0 saturated carbocycles. The molecule has 1 saturated heterocycles. The number of aromatic nitrogens is 2. The van der Waals surface area contributed by atoms with Crippen molar-refractivity contribution in [2.45, 2.75) is 39.0 Å².